The average molecular weight is 400 g/mol. The first-order valence-electron chi connectivity index (χ1n) is 10.4. The first-order valence-corrected chi connectivity index (χ1v) is 10.4. The van der Waals surface area contributed by atoms with Crippen LogP contribution in [0.5, 0.6) is 0 Å². The van der Waals surface area contributed by atoms with E-state index >= 15 is 0 Å². The number of fused-ring (bicyclic) bond motifs is 5. The van der Waals surface area contributed by atoms with Crippen molar-refractivity contribution in [1.82, 2.24) is 0 Å². The number of hydrogen-bond acceptors (Lipinski definition) is 3. The van der Waals surface area contributed by atoms with Crippen molar-refractivity contribution in [3.05, 3.63) is 70.8 Å². The van der Waals surface area contributed by atoms with Gasteiger partial charge in [0.25, 0.3) is 5.91 Å². The van der Waals surface area contributed by atoms with Gasteiger partial charge in [-0.1, -0.05) is 23.8 Å². The summed E-state index contributed by atoms with van der Waals surface area (Å²) in [7, 11) is 0. The Hall–Kier alpha value is -3.21. The maximum absolute atomic E-state index is 13.1. The molecule has 3 aliphatic rings. The molecule has 2 aromatic rings. The fraction of sp³-hybridized carbons (Fsp3) is 0.320. The minimum absolute atomic E-state index is 0.0995. The number of amides is 3. The Morgan fingerprint density at radius 2 is 1.67 bits per heavy atom. The number of allylic oxidation sites excluding steroid dienone is 2. The first kappa shape index (κ1) is 18.8. The second-order valence-corrected chi connectivity index (χ2v) is 8.73. The molecule has 1 saturated heterocycles. The Kier molecular flexibility index (Phi) is 4.17. The molecule has 30 heavy (non-hydrogen) atoms. The van der Waals surface area contributed by atoms with Gasteiger partial charge >= 0.3 is 0 Å². The van der Waals surface area contributed by atoms with E-state index in [0.29, 0.717) is 11.3 Å². The van der Waals surface area contributed by atoms with Gasteiger partial charge in [0.15, 0.2) is 0 Å². The summed E-state index contributed by atoms with van der Waals surface area (Å²) in [5.74, 6) is -0.484. The maximum Gasteiger partial charge on any atom is 0.255 e. The summed E-state index contributed by atoms with van der Waals surface area (Å²) in [6.45, 7) is 6.03. The molecule has 2 aromatic carbocycles. The van der Waals surface area contributed by atoms with Crippen molar-refractivity contribution in [3.63, 3.8) is 0 Å². The monoisotopic (exact) mass is 400 g/mol. The number of carbonyl (C=O) groups is 3. The highest BCUT2D eigenvalue weighted by atomic mass is 16.2. The van der Waals surface area contributed by atoms with Crippen molar-refractivity contribution in [2.75, 3.05) is 10.2 Å². The van der Waals surface area contributed by atoms with Gasteiger partial charge in [-0.3, -0.25) is 19.3 Å². The van der Waals surface area contributed by atoms with Crippen LogP contribution in [0.2, 0.25) is 0 Å². The predicted octanol–water partition coefficient (Wildman–Crippen LogP) is 4.26. The molecule has 0 radical (unpaired) electrons. The standard InChI is InChI=1S/C25H24N2O3/c1-13-5-4-6-20(15(13)3)26-23(28)16-7-9-18(10-8-16)27-24(29)21-17-11-14(2)19(12-17)22(21)25(27)30/h4-11,17,19,21-22H,12H2,1-3H3,(H,26,28)/t17-,19-,21+,22+/m1/s1. The van der Waals surface area contributed by atoms with Crippen LogP contribution in [0.3, 0.4) is 0 Å². The average Bonchev–Trinajstić information content (AvgIpc) is 3.36. The molecule has 4 atom stereocenters. The second kappa shape index (κ2) is 6.66. The summed E-state index contributed by atoms with van der Waals surface area (Å²) >= 11 is 0. The highest BCUT2D eigenvalue weighted by molar-refractivity contribution is 6.23. The molecule has 2 bridgehead atoms. The molecule has 3 amide bonds. The van der Waals surface area contributed by atoms with E-state index in [-0.39, 0.29) is 41.4 Å². The van der Waals surface area contributed by atoms with Crippen molar-refractivity contribution in [2.24, 2.45) is 23.7 Å². The second-order valence-electron chi connectivity index (χ2n) is 8.73. The van der Waals surface area contributed by atoms with Crippen molar-refractivity contribution >= 4 is 29.1 Å². The van der Waals surface area contributed by atoms with Crippen LogP contribution in [0.25, 0.3) is 0 Å². The minimum Gasteiger partial charge on any atom is -0.322 e. The summed E-state index contributed by atoms with van der Waals surface area (Å²) in [5, 5.41) is 2.94. The molecule has 0 spiro atoms. The number of nitrogens with zero attached hydrogens (tertiary/aromatic N) is 1. The zero-order chi connectivity index (χ0) is 21.2. The highest BCUT2D eigenvalue weighted by Gasteiger charge is 2.60. The molecule has 1 aliphatic heterocycles. The van der Waals surface area contributed by atoms with Crippen LogP contribution in [0.4, 0.5) is 11.4 Å². The minimum atomic E-state index is -0.224. The maximum atomic E-state index is 13.1. The molecule has 0 aromatic heterocycles. The quantitative estimate of drug-likeness (QED) is 0.618. The van der Waals surface area contributed by atoms with Gasteiger partial charge in [-0.15, -0.1) is 0 Å². The van der Waals surface area contributed by atoms with E-state index in [4.69, 9.17) is 0 Å². The van der Waals surface area contributed by atoms with Crippen LogP contribution < -0.4 is 10.2 Å². The molecule has 5 nitrogen and oxygen atoms in total. The predicted molar refractivity (Wildman–Crippen MR) is 115 cm³/mol. The van der Waals surface area contributed by atoms with Crippen LogP contribution in [-0.2, 0) is 9.59 Å². The molecule has 2 aliphatic carbocycles. The number of nitrogens with one attached hydrogen (secondary N) is 1. The number of hydrogen-bond donors (Lipinski definition) is 1. The third-order valence-corrected chi connectivity index (χ3v) is 7.12. The van der Waals surface area contributed by atoms with E-state index in [1.165, 1.54) is 10.5 Å². The summed E-state index contributed by atoms with van der Waals surface area (Å²) in [5.41, 5.74) is 5.18. The Morgan fingerprint density at radius 1 is 0.967 bits per heavy atom. The largest absolute Gasteiger partial charge is 0.322 e. The van der Waals surface area contributed by atoms with Gasteiger partial charge in [0, 0.05) is 11.3 Å². The fourth-order valence-electron chi connectivity index (χ4n) is 5.37. The van der Waals surface area contributed by atoms with Crippen LogP contribution in [0, 0.1) is 37.5 Å². The van der Waals surface area contributed by atoms with E-state index in [0.717, 1.165) is 23.2 Å². The Morgan fingerprint density at radius 3 is 2.40 bits per heavy atom. The molecule has 1 saturated carbocycles. The van der Waals surface area contributed by atoms with Gasteiger partial charge in [0.1, 0.15) is 0 Å². The molecular formula is C25H24N2O3. The Bertz CT molecular complexity index is 1120. The van der Waals surface area contributed by atoms with E-state index < -0.39 is 0 Å². The van der Waals surface area contributed by atoms with E-state index in [9.17, 15) is 14.4 Å². The molecule has 152 valence electrons. The molecule has 5 heteroatoms. The van der Waals surface area contributed by atoms with Gasteiger partial charge in [0.2, 0.25) is 11.8 Å². The summed E-state index contributed by atoms with van der Waals surface area (Å²) in [6, 6.07) is 12.5. The first-order chi connectivity index (χ1) is 14.4. The summed E-state index contributed by atoms with van der Waals surface area (Å²) in [6.07, 6.45) is 3.09. The molecule has 2 fully saturated rings. The molecular weight excluding hydrogens is 376 g/mol. The van der Waals surface area contributed by atoms with Crippen LogP contribution in [0.1, 0.15) is 34.8 Å². The van der Waals surface area contributed by atoms with Crippen molar-refractivity contribution in [3.8, 4) is 0 Å². The summed E-state index contributed by atoms with van der Waals surface area (Å²) < 4.78 is 0. The zero-order valence-electron chi connectivity index (χ0n) is 17.3. The van der Waals surface area contributed by atoms with Crippen molar-refractivity contribution < 1.29 is 14.4 Å². The molecule has 0 unspecified atom stereocenters. The molecule has 5 rings (SSSR count). The smallest absolute Gasteiger partial charge is 0.255 e. The number of rotatable bonds is 3. The van der Waals surface area contributed by atoms with Crippen molar-refractivity contribution in [1.29, 1.82) is 0 Å². The molecule has 1 N–H and O–H groups in total. The van der Waals surface area contributed by atoms with E-state index in [2.05, 4.69) is 18.3 Å². The van der Waals surface area contributed by atoms with Crippen LogP contribution in [-0.4, -0.2) is 17.7 Å². The number of carbonyl (C=O) groups excluding carboxylic acids is 3. The number of benzene rings is 2. The fourth-order valence-corrected chi connectivity index (χ4v) is 5.37. The number of aryl methyl sites for hydroxylation is 1. The topological polar surface area (TPSA) is 66.5 Å². The zero-order valence-corrected chi connectivity index (χ0v) is 17.3. The van der Waals surface area contributed by atoms with Gasteiger partial charge in [-0.05, 0) is 80.5 Å². The SMILES string of the molecule is CC1=C[C@@H]2C[C@H]1[C@@H]1C(=O)N(c3ccc(C(=O)Nc4cccc(C)c4C)cc3)C(=O)[C@H]12. The van der Waals surface area contributed by atoms with Gasteiger partial charge in [-0.25, -0.2) is 0 Å². The number of imide groups is 1. The number of anilines is 2. The van der Waals surface area contributed by atoms with Gasteiger partial charge in [0.05, 0.1) is 17.5 Å². The van der Waals surface area contributed by atoms with Crippen LogP contribution in [0.15, 0.2) is 54.1 Å². The third-order valence-electron chi connectivity index (χ3n) is 7.12. The Balaban J connectivity index is 1.36. The van der Waals surface area contributed by atoms with Crippen molar-refractivity contribution in [2.45, 2.75) is 27.2 Å². The van der Waals surface area contributed by atoms with Gasteiger partial charge < -0.3 is 5.32 Å². The van der Waals surface area contributed by atoms with Gasteiger partial charge in [-0.2, -0.15) is 0 Å². The normalized spacial score (nSPS) is 26.8. The lowest BCUT2D eigenvalue weighted by Crippen LogP contribution is -2.33. The lowest BCUT2D eigenvalue weighted by molar-refractivity contribution is -0.123. The van der Waals surface area contributed by atoms with E-state index in [1.54, 1.807) is 24.3 Å². The molecule has 1 heterocycles. The summed E-state index contributed by atoms with van der Waals surface area (Å²) in [4.78, 5) is 40.1. The third kappa shape index (κ3) is 2.65. The van der Waals surface area contributed by atoms with E-state index in [1.807, 2.05) is 32.0 Å². The Labute approximate surface area is 175 Å². The highest BCUT2D eigenvalue weighted by Crippen LogP contribution is 2.55. The van der Waals surface area contributed by atoms with Crippen LogP contribution >= 0.6 is 0 Å². The lowest BCUT2D eigenvalue weighted by Gasteiger charge is -2.19. The lowest BCUT2D eigenvalue weighted by atomic mass is 9.82.